The standard InChI is InChI=1S/C13H24O/c1-3-11(4-2)13(14)12-9-7-5-6-8-10-12/h11-12H,3-10H2,1-2H3. The van der Waals surface area contributed by atoms with E-state index in [0.717, 1.165) is 25.7 Å². The fourth-order valence-electron chi connectivity index (χ4n) is 2.59. The zero-order valence-corrected chi connectivity index (χ0v) is 9.72. The third-order valence-electron chi connectivity index (χ3n) is 3.65. The third-order valence-corrected chi connectivity index (χ3v) is 3.65. The van der Waals surface area contributed by atoms with Crippen LogP contribution in [-0.4, -0.2) is 5.78 Å². The Morgan fingerprint density at radius 2 is 1.57 bits per heavy atom. The van der Waals surface area contributed by atoms with Gasteiger partial charge in [-0.25, -0.2) is 0 Å². The van der Waals surface area contributed by atoms with Crippen molar-refractivity contribution in [1.82, 2.24) is 0 Å². The lowest BCUT2D eigenvalue weighted by Gasteiger charge is -2.18. The third kappa shape index (κ3) is 3.11. The molecule has 82 valence electrons. The molecular weight excluding hydrogens is 172 g/mol. The molecule has 14 heavy (non-hydrogen) atoms. The molecule has 1 heteroatoms. The molecule has 0 unspecified atom stereocenters. The number of ketones is 1. The summed E-state index contributed by atoms with van der Waals surface area (Å²) in [6, 6.07) is 0. The van der Waals surface area contributed by atoms with Gasteiger partial charge in [-0.05, 0) is 25.7 Å². The van der Waals surface area contributed by atoms with Crippen LogP contribution >= 0.6 is 0 Å². The average Bonchev–Trinajstić information content (AvgIpc) is 2.47. The molecule has 0 aromatic carbocycles. The van der Waals surface area contributed by atoms with Crippen molar-refractivity contribution in [2.45, 2.75) is 65.2 Å². The molecule has 0 heterocycles. The van der Waals surface area contributed by atoms with E-state index in [1.54, 1.807) is 0 Å². The van der Waals surface area contributed by atoms with Crippen molar-refractivity contribution in [3.8, 4) is 0 Å². The summed E-state index contributed by atoms with van der Waals surface area (Å²) in [6.07, 6.45) is 9.62. The molecule has 0 saturated heterocycles. The lowest BCUT2D eigenvalue weighted by Crippen LogP contribution is -2.22. The molecule has 1 nitrogen and oxygen atoms in total. The van der Waals surface area contributed by atoms with Crippen LogP contribution in [0.25, 0.3) is 0 Å². The molecule has 1 aliphatic carbocycles. The van der Waals surface area contributed by atoms with Crippen LogP contribution in [0.1, 0.15) is 65.2 Å². The second-order valence-corrected chi connectivity index (χ2v) is 4.60. The highest BCUT2D eigenvalue weighted by atomic mass is 16.1. The van der Waals surface area contributed by atoms with Gasteiger partial charge in [0.1, 0.15) is 5.78 Å². The monoisotopic (exact) mass is 196 g/mol. The Morgan fingerprint density at radius 1 is 1.07 bits per heavy atom. The van der Waals surface area contributed by atoms with Crippen molar-refractivity contribution in [2.75, 3.05) is 0 Å². The first-order chi connectivity index (χ1) is 6.79. The van der Waals surface area contributed by atoms with E-state index < -0.39 is 0 Å². The Hall–Kier alpha value is -0.330. The van der Waals surface area contributed by atoms with E-state index in [-0.39, 0.29) is 0 Å². The molecule has 1 saturated carbocycles. The Balaban J connectivity index is 2.48. The van der Waals surface area contributed by atoms with Gasteiger partial charge in [-0.1, -0.05) is 39.5 Å². The normalized spacial score (nSPS) is 19.6. The first-order valence-corrected chi connectivity index (χ1v) is 6.33. The minimum Gasteiger partial charge on any atom is -0.299 e. The summed E-state index contributed by atoms with van der Waals surface area (Å²) in [4.78, 5) is 12.1. The Kier molecular flexibility index (Phi) is 5.21. The molecule has 0 atom stereocenters. The number of rotatable bonds is 4. The predicted molar refractivity (Wildman–Crippen MR) is 60.3 cm³/mol. The van der Waals surface area contributed by atoms with E-state index in [2.05, 4.69) is 13.8 Å². The van der Waals surface area contributed by atoms with Gasteiger partial charge in [-0.3, -0.25) is 4.79 Å². The molecule has 0 aliphatic heterocycles. The van der Waals surface area contributed by atoms with E-state index in [9.17, 15) is 4.79 Å². The second kappa shape index (κ2) is 6.21. The molecule has 0 aromatic rings. The summed E-state index contributed by atoms with van der Waals surface area (Å²) in [6.45, 7) is 4.28. The highest BCUT2D eigenvalue weighted by molar-refractivity contribution is 5.83. The summed E-state index contributed by atoms with van der Waals surface area (Å²) in [5.41, 5.74) is 0. The molecule has 0 spiro atoms. The topological polar surface area (TPSA) is 17.1 Å². The van der Waals surface area contributed by atoms with Crippen molar-refractivity contribution in [2.24, 2.45) is 11.8 Å². The zero-order valence-electron chi connectivity index (χ0n) is 9.72. The minimum atomic E-state index is 0.345. The highest BCUT2D eigenvalue weighted by Crippen LogP contribution is 2.27. The van der Waals surface area contributed by atoms with Gasteiger partial charge < -0.3 is 0 Å². The second-order valence-electron chi connectivity index (χ2n) is 4.60. The average molecular weight is 196 g/mol. The van der Waals surface area contributed by atoms with E-state index in [0.29, 0.717) is 17.6 Å². The van der Waals surface area contributed by atoms with Crippen molar-refractivity contribution in [3.05, 3.63) is 0 Å². The maximum atomic E-state index is 12.1. The number of Topliss-reactive ketones (excluding diaryl/α,β-unsaturated/α-hetero) is 1. The van der Waals surface area contributed by atoms with Gasteiger partial charge in [-0.2, -0.15) is 0 Å². The summed E-state index contributed by atoms with van der Waals surface area (Å²) < 4.78 is 0. The van der Waals surface area contributed by atoms with Crippen LogP contribution in [0.15, 0.2) is 0 Å². The molecule has 1 fully saturated rings. The maximum Gasteiger partial charge on any atom is 0.139 e. The largest absolute Gasteiger partial charge is 0.299 e. The molecule has 0 aromatic heterocycles. The van der Waals surface area contributed by atoms with Gasteiger partial charge in [0.25, 0.3) is 0 Å². The smallest absolute Gasteiger partial charge is 0.139 e. The molecule has 0 radical (unpaired) electrons. The Labute approximate surface area is 88.3 Å². The van der Waals surface area contributed by atoms with Crippen molar-refractivity contribution in [3.63, 3.8) is 0 Å². The fourth-order valence-corrected chi connectivity index (χ4v) is 2.59. The van der Waals surface area contributed by atoms with E-state index >= 15 is 0 Å². The molecule has 0 bridgehead atoms. The molecule has 0 amide bonds. The lowest BCUT2D eigenvalue weighted by molar-refractivity contribution is -0.127. The molecule has 0 N–H and O–H groups in total. The van der Waals surface area contributed by atoms with Crippen LogP contribution in [0.5, 0.6) is 0 Å². The van der Waals surface area contributed by atoms with Crippen molar-refractivity contribution in [1.29, 1.82) is 0 Å². The van der Waals surface area contributed by atoms with Crippen LogP contribution in [-0.2, 0) is 4.79 Å². The van der Waals surface area contributed by atoms with Gasteiger partial charge in [-0.15, -0.1) is 0 Å². The number of hydrogen-bond acceptors (Lipinski definition) is 1. The first-order valence-electron chi connectivity index (χ1n) is 6.33. The SMILES string of the molecule is CCC(CC)C(=O)C1CCCCCC1. The molecular formula is C13H24O. The van der Waals surface area contributed by atoms with Crippen LogP contribution in [0.2, 0.25) is 0 Å². The predicted octanol–water partition coefficient (Wildman–Crippen LogP) is 3.96. The zero-order chi connectivity index (χ0) is 10.4. The van der Waals surface area contributed by atoms with Gasteiger partial charge in [0, 0.05) is 11.8 Å². The van der Waals surface area contributed by atoms with E-state index in [4.69, 9.17) is 0 Å². The van der Waals surface area contributed by atoms with Crippen LogP contribution in [0.3, 0.4) is 0 Å². The number of carbonyl (C=O) groups excluding carboxylic acids is 1. The van der Waals surface area contributed by atoms with E-state index in [1.807, 2.05) is 0 Å². The maximum absolute atomic E-state index is 12.1. The fraction of sp³-hybridized carbons (Fsp3) is 0.923. The first kappa shape index (κ1) is 11.7. The van der Waals surface area contributed by atoms with Gasteiger partial charge >= 0.3 is 0 Å². The highest BCUT2D eigenvalue weighted by Gasteiger charge is 2.24. The van der Waals surface area contributed by atoms with Gasteiger partial charge in [0.05, 0.1) is 0 Å². The summed E-state index contributed by atoms with van der Waals surface area (Å²) in [7, 11) is 0. The van der Waals surface area contributed by atoms with Crippen LogP contribution < -0.4 is 0 Å². The summed E-state index contributed by atoms with van der Waals surface area (Å²) >= 11 is 0. The Morgan fingerprint density at radius 3 is 2.00 bits per heavy atom. The van der Waals surface area contributed by atoms with Crippen molar-refractivity contribution < 1.29 is 4.79 Å². The summed E-state index contributed by atoms with van der Waals surface area (Å²) in [5, 5.41) is 0. The van der Waals surface area contributed by atoms with Gasteiger partial charge in [0.2, 0.25) is 0 Å². The quantitative estimate of drug-likeness (QED) is 0.622. The minimum absolute atomic E-state index is 0.345. The lowest BCUT2D eigenvalue weighted by atomic mass is 9.85. The molecule has 1 aliphatic rings. The molecule has 1 rings (SSSR count). The number of carbonyl (C=O) groups is 1. The van der Waals surface area contributed by atoms with Crippen LogP contribution in [0.4, 0.5) is 0 Å². The number of hydrogen-bond donors (Lipinski definition) is 0. The van der Waals surface area contributed by atoms with Crippen LogP contribution in [0, 0.1) is 11.8 Å². The van der Waals surface area contributed by atoms with Crippen molar-refractivity contribution >= 4 is 5.78 Å². The Bertz CT molecular complexity index is 162. The van der Waals surface area contributed by atoms with Gasteiger partial charge in [0.15, 0.2) is 0 Å². The van der Waals surface area contributed by atoms with E-state index in [1.165, 1.54) is 25.7 Å². The summed E-state index contributed by atoms with van der Waals surface area (Å²) in [5.74, 6) is 1.32.